The Morgan fingerprint density at radius 2 is 1.04 bits per heavy atom. The monoisotopic (exact) mass is 468 g/mol. The van der Waals surface area contributed by atoms with E-state index in [1.54, 1.807) is 7.11 Å². The van der Waals surface area contributed by atoms with Crippen molar-refractivity contribution >= 4 is 29.1 Å². The number of rotatable bonds is 10. The molecule has 0 aliphatic carbocycles. The fourth-order valence-electron chi connectivity index (χ4n) is 3.78. The number of methoxy groups -OCH3 is 1. The summed E-state index contributed by atoms with van der Waals surface area (Å²) in [5.41, 5.74) is 0. The molecule has 3 rings (SSSR count). The van der Waals surface area contributed by atoms with Crippen LogP contribution in [0.15, 0.2) is 91.0 Å². The van der Waals surface area contributed by atoms with Gasteiger partial charge in [-0.05, 0) is 0 Å². The summed E-state index contributed by atoms with van der Waals surface area (Å²) in [5.74, 6) is 0. The fourth-order valence-corrected chi connectivity index (χ4v) is 17.6. The first kappa shape index (κ1) is 20.1. The average molecular weight is 467 g/mol. The van der Waals surface area contributed by atoms with Gasteiger partial charge in [-0.25, -0.2) is 0 Å². The van der Waals surface area contributed by atoms with E-state index in [1.807, 2.05) is 0 Å². The van der Waals surface area contributed by atoms with E-state index in [4.69, 9.17) is 9.47 Å². The van der Waals surface area contributed by atoms with Crippen molar-refractivity contribution in [1.82, 2.24) is 0 Å². The molecule has 0 fully saturated rings. The van der Waals surface area contributed by atoms with Gasteiger partial charge in [-0.15, -0.1) is 0 Å². The molecule has 0 amide bonds. The molecule has 0 saturated carbocycles. The van der Waals surface area contributed by atoms with Crippen LogP contribution in [0.2, 0.25) is 4.44 Å². The molecule has 0 aromatic heterocycles. The first-order valence-corrected chi connectivity index (χ1v) is 15.9. The molecule has 27 heavy (non-hydrogen) atoms. The third kappa shape index (κ3) is 5.01. The Hall–Kier alpha value is -1.62. The molecule has 0 spiro atoms. The van der Waals surface area contributed by atoms with Crippen LogP contribution in [-0.2, 0) is 9.47 Å². The molecule has 3 aromatic rings. The normalized spacial score (nSPS) is 11.4. The first-order valence-electron chi connectivity index (χ1n) is 9.61. The number of hydrogen-bond donors (Lipinski definition) is 0. The van der Waals surface area contributed by atoms with Crippen LogP contribution in [0.5, 0.6) is 0 Å². The van der Waals surface area contributed by atoms with Crippen LogP contribution in [0.3, 0.4) is 0 Å². The van der Waals surface area contributed by atoms with Crippen LogP contribution in [-0.4, -0.2) is 45.3 Å². The molecule has 3 heteroatoms. The summed E-state index contributed by atoms with van der Waals surface area (Å²) in [6.07, 6.45) is 1.07. The van der Waals surface area contributed by atoms with Crippen molar-refractivity contribution in [2.24, 2.45) is 0 Å². The Bertz CT molecular complexity index is 679. The van der Waals surface area contributed by atoms with Gasteiger partial charge in [-0.1, -0.05) is 0 Å². The third-order valence-corrected chi connectivity index (χ3v) is 19.5. The molecule has 2 nitrogen and oxygen atoms in total. The summed E-state index contributed by atoms with van der Waals surface area (Å²) in [6, 6.07) is 33.5. The van der Waals surface area contributed by atoms with Gasteiger partial charge >= 0.3 is 167 Å². The van der Waals surface area contributed by atoms with Crippen molar-refractivity contribution in [2.75, 3.05) is 26.9 Å². The molecule has 0 unspecified atom stereocenters. The number of ether oxygens (including phenoxy) is 2. The Kier molecular flexibility index (Phi) is 7.93. The van der Waals surface area contributed by atoms with E-state index in [0.29, 0.717) is 13.2 Å². The van der Waals surface area contributed by atoms with Gasteiger partial charge in [0.1, 0.15) is 0 Å². The summed E-state index contributed by atoms with van der Waals surface area (Å²) in [4.78, 5) is 0. The van der Waals surface area contributed by atoms with Gasteiger partial charge in [0.05, 0.1) is 0 Å². The molecule has 0 aliphatic rings. The topological polar surface area (TPSA) is 18.5 Å². The molecule has 0 atom stereocenters. The Balaban J connectivity index is 1.98. The molecule has 140 valence electrons. The molecule has 0 heterocycles. The Labute approximate surface area is 167 Å². The standard InChI is InChI=1S/C6H13O2.3C6H5.Sn/c1-3-4-8-6-5-7-2;3*1-2-4-6-5-3-1;/h1,3-6H2,2H3;3*1-5H;. The molecular weight excluding hydrogens is 439 g/mol. The van der Waals surface area contributed by atoms with Crippen LogP contribution in [0.1, 0.15) is 6.42 Å². The SMILES string of the molecule is COCCOCC[CH2][Sn]([c]1ccccc1)([c]1ccccc1)[c]1ccccc1. The molecular formula is C24H28O2Sn. The van der Waals surface area contributed by atoms with Crippen LogP contribution in [0.25, 0.3) is 0 Å². The van der Waals surface area contributed by atoms with E-state index < -0.39 is 18.4 Å². The van der Waals surface area contributed by atoms with Crippen molar-refractivity contribution in [1.29, 1.82) is 0 Å². The summed E-state index contributed by atoms with van der Waals surface area (Å²) in [6.45, 7) is 2.11. The first-order chi connectivity index (χ1) is 13.4. The fraction of sp³-hybridized carbons (Fsp3) is 0.250. The van der Waals surface area contributed by atoms with E-state index in [2.05, 4.69) is 91.0 Å². The molecule has 0 aliphatic heterocycles. The maximum atomic E-state index is 5.79. The zero-order chi connectivity index (χ0) is 18.8. The second-order valence-corrected chi connectivity index (χ2v) is 18.3. The van der Waals surface area contributed by atoms with Crippen molar-refractivity contribution in [3.05, 3.63) is 91.0 Å². The average Bonchev–Trinajstić information content (AvgIpc) is 2.75. The predicted molar refractivity (Wildman–Crippen MR) is 116 cm³/mol. The minimum atomic E-state index is -3.09. The zero-order valence-corrected chi connectivity index (χ0v) is 18.9. The zero-order valence-electron chi connectivity index (χ0n) is 16.0. The van der Waals surface area contributed by atoms with Gasteiger partial charge in [0.2, 0.25) is 0 Å². The van der Waals surface area contributed by atoms with Crippen LogP contribution in [0, 0.1) is 0 Å². The number of hydrogen-bond acceptors (Lipinski definition) is 2. The van der Waals surface area contributed by atoms with Crippen LogP contribution < -0.4 is 10.7 Å². The Morgan fingerprint density at radius 3 is 1.44 bits per heavy atom. The van der Waals surface area contributed by atoms with E-state index >= 15 is 0 Å². The van der Waals surface area contributed by atoms with Crippen molar-refractivity contribution in [3.63, 3.8) is 0 Å². The molecule has 0 bridgehead atoms. The van der Waals surface area contributed by atoms with Crippen molar-refractivity contribution in [3.8, 4) is 0 Å². The van der Waals surface area contributed by atoms with Crippen LogP contribution >= 0.6 is 0 Å². The van der Waals surface area contributed by atoms with Crippen molar-refractivity contribution in [2.45, 2.75) is 10.9 Å². The predicted octanol–water partition coefficient (Wildman–Crippen LogP) is 3.21. The second-order valence-electron chi connectivity index (χ2n) is 6.71. The number of benzene rings is 3. The molecule has 3 aromatic carbocycles. The van der Waals surface area contributed by atoms with Gasteiger partial charge in [-0.3, -0.25) is 0 Å². The molecule has 0 saturated heterocycles. The van der Waals surface area contributed by atoms with Gasteiger partial charge in [0, 0.05) is 0 Å². The summed E-state index contributed by atoms with van der Waals surface area (Å²) in [7, 11) is 1.71. The maximum absolute atomic E-state index is 5.79. The van der Waals surface area contributed by atoms with Gasteiger partial charge in [-0.2, -0.15) is 0 Å². The molecule has 0 N–H and O–H groups in total. The second kappa shape index (κ2) is 10.6. The summed E-state index contributed by atoms with van der Waals surface area (Å²) < 4.78 is 16.7. The van der Waals surface area contributed by atoms with Gasteiger partial charge < -0.3 is 0 Å². The van der Waals surface area contributed by atoms with E-state index in [0.717, 1.165) is 13.0 Å². The van der Waals surface area contributed by atoms with E-state index in [-0.39, 0.29) is 0 Å². The third-order valence-electron chi connectivity index (χ3n) is 5.07. The van der Waals surface area contributed by atoms with Gasteiger partial charge in [0.15, 0.2) is 0 Å². The quantitative estimate of drug-likeness (QED) is 0.337. The van der Waals surface area contributed by atoms with Gasteiger partial charge in [0.25, 0.3) is 0 Å². The summed E-state index contributed by atoms with van der Waals surface area (Å²) >= 11 is -3.09. The van der Waals surface area contributed by atoms with E-state index in [9.17, 15) is 0 Å². The van der Waals surface area contributed by atoms with Crippen LogP contribution in [0.4, 0.5) is 0 Å². The Morgan fingerprint density at radius 1 is 0.593 bits per heavy atom. The summed E-state index contributed by atoms with van der Waals surface area (Å²) in [5, 5.41) is 0. The van der Waals surface area contributed by atoms with E-state index in [1.165, 1.54) is 15.2 Å². The van der Waals surface area contributed by atoms with Crippen molar-refractivity contribution < 1.29 is 9.47 Å². The minimum absolute atomic E-state index is 0.657. The molecule has 0 radical (unpaired) electrons.